The number of fused-ring (bicyclic) bond motifs is 1. The van der Waals surface area contributed by atoms with Crippen LogP contribution in [0.5, 0.6) is 5.75 Å². The Labute approximate surface area is 106 Å². The molecular weight excluding hydrogens is 285 g/mol. The summed E-state index contributed by atoms with van der Waals surface area (Å²) in [6, 6.07) is 3.64. The van der Waals surface area contributed by atoms with Gasteiger partial charge in [-0.15, -0.1) is 0 Å². The maximum Gasteiger partial charge on any atom is 0.534 e. The maximum atomic E-state index is 12.2. The van der Waals surface area contributed by atoms with Gasteiger partial charge in [-0.1, -0.05) is 0 Å². The van der Waals surface area contributed by atoms with Crippen molar-refractivity contribution in [2.75, 3.05) is 5.32 Å². The molecule has 2 rings (SSSR count). The molecule has 1 aliphatic rings. The summed E-state index contributed by atoms with van der Waals surface area (Å²) < 4.78 is 62.2. The van der Waals surface area contributed by atoms with E-state index in [2.05, 4.69) is 14.5 Å². The Balaban J connectivity index is 2.32. The first kappa shape index (κ1) is 13.4. The number of alkyl halides is 3. The lowest BCUT2D eigenvalue weighted by Gasteiger charge is -2.11. The van der Waals surface area contributed by atoms with Crippen LogP contribution in [0, 0.1) is 0 Å². The van der Waals surface area contributed by atoms with Gasteiger partial charge in [-0.25, -0.2) is 0 Å². The molecule has 0 fully saturated rings. The predicted octanol–water partition coefficient (Wildman–Crippen LogP) is 2.23. The van der Waals surface area contributed by atoms with Gasteiger partial charge in [0.1, 0.15) is 5.75 Å². The average Bonchev–Trinajstić information content (AvgIpc) is 2.51. The molecule has 19 heavy (non-hydrogen) atoms. The van der Waals surface area contributed by atoms with Gasteiger partial charge in [0.2, 0.25) is 0 Å². The molecule has 0 spiro atoms. The van der Waals surface area contributed by atoms with Gasteiger partial charge in [0.05, 0.1) is 5.69 Å². The lowest BCUT2D eigenvalue weighted by atomic mass is 10.2. The highest BCUT2D eigenvalue weighted by Gasteiger charge is 2.48. The molecule has 5 nitrogen and oxygen atoms in total. The quantitative estimate of drug-likeness (QED) is 0.670. The van der Waals surface area contributed by atoms with Crippen LogP contribution in [0.25, 0.3) is 0 Å². The number of aliphatic imine (C=N–C) groups is 1. The molecular formula is C10H7F3N2O3S. The first-order valence-electron chi connectivity index (χ1n) is 4.89. The highest BCUT2D eigenvalue weighted by atomic mass is 32.2. The third-order valence-corrected chi connectivity index (χ3v) is 3.11. The van der Waals surface area contributed by atoms with Crippen molar-refractivity contribution in [3.05, 3.63) is 36.2 Å². The van der Waals surface area contributed by atoms with Gasteiger partial charge in [0, 0.05) is 30.2 Å². The van der Waals surface area contributed by atoms with Gasteiger partial charge in [-0.2, -0.15) is 21.6 Å². The smallest absolute Gasteiger partial charge is 0.376 e. The van der Waals surface area contributed by atoms with Crippen LogP contribution in [0.1, 0.15) is 5.56 Å². The Bertz CT molecular complexity index is 650. The van der Waals surface area contributed by atoms with Gasteiger partial charge in [-0.05, 0) is 12.1 Å². The zero-order valence-electron chi connectivity index (χ0n) is 9.18. The van der Waals surface area contributed by atoms with Crippen LogP contribution in [0.4, 0.5) is 18.9 Å². The molecule has 0 bridgehead atoms. The summed E-state index contributed by atoms with van der Waals surface area (Å²) in [4.78, 5) is 3.85. The molecule has 0 atom stereocenters. The standard InChI is InChI=1S/C10H7F3N2O3S/c11-10(12,13)19(16,17)18-8-2-1-7-6-14-3-4-15-9(7)5-8/h1-6,15H. The molecule has 1 N–H and O–H groups in total. The first-order valence-corrected chi connectivity index (χ1v) is 6.30. The lowest BCUT2D eigenvalue weighted by Crippen LogP contribution is -2.28. The minimum Gasteiger partial charge on any atom is -0.376 e. The van der Waals surface area contributed by atoms with Crippen LogP contribution >= 0.6 is 0 Å². The van der Waals surface area contributed by atoms with Gasteiger partial charge in [0.25, 0.3) is 0 Å². The summed E-state index contributed by atoms with van der Waals surface area (Å²) in [6.07, 6.45) is 4.35. The van der Waals surface area contributed by atoms with Crippen LogP contribution in [0.2, 0.25) is 0 Å². The van der Waals surface area contributed by atoms with Crippen molar-refractivity contribution in [2.45, 2.75) is 5.51 Å². The van der Waals surface area contributed by atoms with Crippen LogP contribution in [-0.4, -0.2) is 20.1 Å². The van der Waals surface area contributed by atoms with Gasteiger partial charge < -0.3 is 9.50 Å². The molecule has 1 heterocycles. The number of rotatable bonds is 2. The number of nitrogens with one attached hydrogen (secondary N) is 1. The molecule has 0 saturated heterocycles. The van der Waals surface area contributed by atoms with Crippen LogP contribution in [0.3, 0.4) is 0 Å². The van der Waals surface area contributed by atoms with E-state index < -0.39 is 21.4 Å². The van der Waals surface area contributed by atoms with Crippen molar-refractivity contribution in [2.24, 2.45) is 4.99 Å². The largest absolute Gasteiger partial charge is 0.534 e. The average molecular weight is 292 g/mol. The van der Waals surface area contributed by atoms with E-state index in [0.29, 0.717) is 11.3 Å². The lowest BCUT2D eigenvalue weighted by molar-refractivity contribution is -0.0500. The highest BCUT2D eigenvalue weighted by molar-refractivity contribution is 7.88. The van der Waals surface area contributed by atoms with E-state index in [4.69, 9.17) is 0 Å². The summed E-state index contributed by atoms with van der Waals surface area (Å²) >= 11 is 0. The molecule has 9 heteroatoms. The summed E-state index contributed by atoms with van der Waals surface area (Å²) in [7, 11) is -5.67. The molecule has 0 unspecified atom stereocenters. The molecule has 0 radical (unpaired) electrons. The minimum atomic E-state index is -5.67. The normalized spacial score (nSPS) is 14.5. The fourth-order valence-corrected chi connectivity index (χ4v) is 1.74. The van der Waals surface area contributed by atoms with Crippen molar-refractivity contribution in [3.8, 4) is 5.75 Å². The van der Waals surface area contributed by atoms with E-state index in [0.717, 1.165) is 12.1 Å². The molecule has 1 aromatic carbocycles. The number of nitrogens with zero attached hydrogens (tertiary/aromatic N) is 1. The first-order chi connectivity index (χ1) is 8.79. The second-order valence-electron chi connectivity index (χ2n) is 3.47. The molecule has 0 aromatic heterocycles. The Kier molecular flexibility index (Phi) is 3.23. The van der Waals surface area contributed by atoms with Crippen LogP contribution in [-0.2, 0) is 10.1 Å². The summed E-state index contributed by atoms with van der Waals surface area (Å²) in [5.74, 6) is -0.438. The van der Waals surface area contributed by atoms with Crippen molar-refractivity contribution in [1.82, 2.24) is 0 Å². The Morgan fingerprint density at radius 2 is 2.00 bits per heavy atom. The van der Waals surface area contributed by atoms with Crippen LogP contribution < -0.4 is 9.50 Å². The zero-order chi connectivity index (χ0) is 14.1. The van der Waals surface area contributed by atoms with Crippen molar-refractivity contribution >= 4 is 22.0 Å². The third-order valence-electron chi connectivity index (χ3n) is 2.13. The van der Waals surface area contributed by atoms with Crippen LogP contribution in [0.15, 0.2) is 35.6 Å². The zero-order valence-corrected chi connectivity index (χ0v) is 9.99. The molecule has 0 saturated carbocycles. The highest BCUT2D eigenvalue weighted by Crippen LogP contribution is 2.29. The summed E-state index contributed by atoms with van der Waals surface area (Å²) in [6.45, 7) is 0. The SMILES string of the molecule is O=S(=O)(Oc1ccc2c(c1)NC=CN=C2)C(F)(F)F. The molecule has 1 aromatic rings. The Hall–Kier alpha value is -2.03. The number of anilines is 1. The monoisotopic (exact) mass is 292 g/mol. The van der Waals surface area contributed by atoms with Gasteiger partial charge in [0.15, 0.2) is 0 Å². The number of hydrogen-bond acceptors (Lipinski definition) is 5. The fourth-order valence-electron chi connectivity index (χ4n) is 1.29. The number of benzene rings is 1. The maximum absolute atomic E-state index is 12.2. The number of halogens is 3. The van der Waals surface area contributed by atoms with Gasteiger partial charge >= 0.3 is 15.6 Å². The molecule has 0 amide bonds. The topological polar surface area (TPSA) is 67.8 Å². The fraction of sp³-hybridized carbons (Fsp3) is 0.100. The van der Waals surface area contributed by atoms with E-state index >= 15 is 0 Å². The van der Waals surface area contributed by atoms with Crippen molar-refractivity contribution in [1.29, 1.82) is 0 Å². The summed E-state index contributed by atoms with van der Waals surface area (Å²) in [5, 5.41) is 2.73. The van der Waals surface area contributed by atoms with Crippen molar-refractivity contribution < 1.29 is 25.8 Å². The Morgan fingerprint density at radius 1 is 1.26 bits per heavy atom. The van der Waals surface area contributed by atoms with E-state index in [9.17, 15) is 21.6 Å². The van der Waals surface area contributed by atoms with E-state index in [1.165, 1.54) is 24.7 Å². The molecule has 1 aliphatic heterocycles. The van der Waals surface area contributed by atoms with E-state index in [1.807, 2.05) is 0 Å². The predicted molar refractivity (Wildman–Crippen MR) is 62.4 cm³/mol. The number of hydrogen-bond donors (Lipinski definition) is 1. The second-order valence-corrected chi connectivity index (χ2v) is 5.01. The molecule has 102 valence electrons. The summed E-state index contributed by atoms with van der Waals surface area (Å²) in [5.41, 5.74) is -4.50. The second kappa shape index (κ2) is 4.57. The van der Waals surface area contributed by atoms with Crippen molar-refractivity contribution in [3.63, 3.8) is 0 Å². The van der Waals surface area contributed by atoms with Gasteiger partial charge in [-0.3, -0.25) is 4.99 Å². The van der Waals surface area contributed by atoms with E-state index in [1.54, 1.807) is 0 Å². The van der Waals surface area contributed by atoms with E-state index in [-0.39, 0.29) is 0 Å². The minimum absolute atomic E-state index is 0.382. The molecule has 0 aliphatic carbocycles. The third kappa shape index (κ3) is 2.87. The Morgan fingerprint density at radius 3 is 2.68 bits per heavy atom.